The Labute approximate surface area is 134 Å². The quantitative estimate of drug-likeness (QED) is 0.219. The minimum absolute atomic E-state index is 0.0396. The molecule has 0 spiro atoms. The van der Waals surface area contributed by atoms with Crippen LogP contribution in [0.3, 0.4) is 0 Å². The SMILES string of the molecule is CC(=O)N1CC(CNC[C@H](O)[C@@H](O)[C@H](O)[C@H](O)CO)C1.O=CO. The Balaban J connectivity index is 0.00000149. The molecule has 1 aliphatic heterocycles. The molecule has 0 saturated carbocycles. The number of aliphatic hydroxyl groups is 5. The maximum atomic E-state index is 11.0. The van der Waals surface area contributed by atoms with Gasteiger partial charge in [0.25, 0.3) is 6.47 Å². The molecule has 0 radical (unpaired) electrons. The lowest BCUT2D eigenvalue weighted by Crippen LogP contribution is -2.54. The molecule has 23 heavy (non-hydrogen) atoms. The van der Waals surface area contributed by atoms with Crippen molar-refractivity contribution in [1.29, 1.82) is 0 Å². The van der Waals surface area contributed by atoms with Gasteiger partial charge in [0.1, 0.15) is 18.3 Å². The van der Waals surface area contributed by atoms with Crippen molar-refractivity contribution in [2.24, 2.45) is 5.92 Å². The molecule has 0 aromatic heterocycles. The molecule has 0 aromatic rings. The van der Waals surface area contributed by atoms with Crippen LogP contribution in [0, 0.1) is 5.92 Å². The molecule has 1 fully saturated rings. The molecule has 1 heterocycles. The molecule has 1 amide bonds. The zero-order chi connectivity index (χ0) is 18.0. The Morgan fingerprint density at radius 3 is 2.13 bits per heavy atom. The van der Waals surface area contributed by atoms with E-state index in [1.165, 1.54) is 6.92 Å². The van der Waals surface area contributed by atoms with Gasteiger partial charge in [-0.15, -0.1) is 0 Å². The summed E-state index contributed by atoms with van der Waals surface area (Å²) in [5, 5.41) is 56.3. The van der Waals surface area contributed by atoms with Crippen molar-refractivity contribution in [3.8, 4) is 0 Å². The summed E-state index contributed by atoms with van der Waals surface area (Å²) in [6.07, 6.45) is -5.89. The van der Waals surface area contributed by atoms with Crippen LogP contribution >= 0.6 is 0 Å². The molecule has 0 unspecified atom stereocenters. The van der Waals surface area contributed by atoms with Crippen LogP contribution in [0.15, 0.2) is 0 Å². The highest BCUT2D eigenvalue weighted by molar-refractivity contribution is 5.74. The first-order valence-corrected chi connectivity index (χ1v) is 7.15. The first-order valence-electron chi connectivity index (χ1n) is 7.15. The summed E-state index contributed by atoms with van der Waals surface area (Å²) in [5.74, 6) is 0.356. The lowest BCUT2D eigenvalue weighted by Gasteiger charge is -2.39. The van der Waals surface area contributed by atoms with Crippen molar-refractivity contribution in [3.63, 3.8) is 0 Å². The summed E-state index contributed by atoms with van der Waals surface area (Å²) < 4.78 is 0. The van der Waals surface area contributed by atoms with Crippen LogP contribution in [-0.4, -0.2) is 105 Å². The van der Waals surface area contributed by atoms with E-state index in [1.807, 2.05) is 0 Å². The number of carbonyl (C=O) groups is 2. The first kappa shape index (κ1) is 21.7. The van der Waals surface area contributed by atoms with Gasteiger partial charge < -0.3 is 40.9 Å². The number of carboxylic acid groups (broad SMARTS) is 1. The van der Waals surface area contributed by atoms with Crippen LogP contribution < -0.4 is 5.32 Å². The minimum Gasteiger partial charge on any atom is -0.483 e. The van der Waals surface area contributed by atoms with E-state index in [4.69, 9.17) is 20.1 Å². The number of carbonyl (C=O) groups excluding carboxylic acids is 1. The number of likely N-dealkylation sites (tertiary alicyclic amines) is 1. The van der Waals surface area contributed by atoms with Crippen molar-refractivity contribution in [3.05, 3.63) is 0 Å². The summed E-state index contributed by atoms with van der Waals surface area (Å²) >= 11 is 0. The van der Waals surface area contributed by atoms with Crippen LogP contribution in [0.25, 0.3) is 0 Å². The zero-order valence-corrected chi connectivity index (χ0v) is 12.9. The summed E-state index contributed by atoms with van der Waals surface area (Å²) in [5.41, 5.74) is 0. The molecule has 10 heteroatoms. The van der Waals surface area contributed by atoms with E-state index >= 15 is 0 Å². The number of amides is 1. The van der Waals surface area contributed by atoms with E-state index in [-0.39, 0.29) is 18.9 Å². The average Bonchev–Trinajstić information content (AvgIpc) is 2.47. The summed E-state index contributed by atoms with van der Waals surface area (Å²) in [4.78, 5) is 21.0. The van der Waals surface area contributed by atoms with E-state index in [1.54, 1.807) is 4.90 Å². The van der Waals surface area contributed by atoms with Crippen molar-refractivity contribution in [2.45, 2.75) is 31.3 Å². The number of nitrogens with one attached hydrogen (secondary N) is 1. The van der Waals surface area contributed by atoms with Crippen LogP contribution in [0.1, 0.15) is 6.92 Å². The lowest BCUT2D eigenvalue weighted by atomic mass is 9.99. The fourth-order valence-electron chi connectivity index (χ4n) is 2.08. The highest BCUT2D eigenvalue weighted by Crippen LogP contribution is 2.14. The van der Waals surface area contributed by atoms with Gasteiger partial charge in [-0.2, -0.15) is 0 Å². The number of hydrogen-bond acceptors (Lipinski definition) is 8. The maximum absolute atomic E-state index is 11.0. The lowest BCUT2D eigenvalue weighted by molar-refractivity contribution is -0.135. The summed E-state index contributed by atoms with van der Waals surface area (Å²) in [6.45, 7) is 2.55. The number of aliphatic hydroxyl groups excluding tert-OH is 5. The van der Waals surface area contributed by atoms with E-state index in [0.717, 1.165) is 0 Å². The van der Waals surface area contributed by atoms with E-state index < -0.39 is 31.0 Å². The van der Waals surface area contributed by atoms with E-state index in [2.05, 4.69) is 5.32 Å². The van der Waals surface area contributed by atoms with Gasteiger partial charge in [0.2, 0.25) is 5.91 Å². The minimum atomic E-state index is -1.60. The fraction of sp³-hybridized carbons (Fsp3) is 0.846. The van der Waals surface area contributed by atoms with E-state index in [0.29, 0.717) is 25.6 Å². The third kappa shape index (κ3) is 7.68. The topological polar surface area (TPSA) is 171 Å². The summed E-state index contributed by atoms with van der Waals surface area (Å²) in [7, 11) is 0. The summed E-state index contributed by atoms with van der Waals surface area (Å²) in [6, 6.07) is 0. The Morgan fingerprint density at radius 2 is 1.70 bits per heavy atom. The maximum Gasteiger partial charge on any atom is 0.290 e. The fourth-order valence-corrected chi connectivity index (χ4v) is 2.08. The molecule has 136 valence electrons. The molecule has 0 aliphatic carbocycles. The second-order valence-corrected chi connectivity index (χ2v) is 5.35. The van der Waals surface area contributed by atoms with Crippen molar-refractivity contribution < 1.29 is 40.2 Å². The molecule has 1 saturated heterocycles. The number of rotatable bonds is 8. The van der Waals surface area contributed by atoms with Crippen LogP contribution in [-0.2, 0) is 9.59 Å². The molecule has 1 rings (SSSR count). The Morgan fingerprint density at radius 1 is 1.22 bits per heavy atom. The smallest absolute Gasteiger partial charge is 0.290 e. The highest BCUT2D eigenvalue weighted by atomic mass is 16.4. The molecular formula is C13H26N2O8. The van der Waals surface area contributed by atoms with Crippen molar-refractivity contribution >= 4 is 12.4 Å². The second kappa shape index (κ2) is 11.3. The van der Waals surface area contributed by atoms with Crippen molar-refractivity contribution in [2.75, 3.05) is 32.8 Å². The number of nitrogens with zero attached hydrogens (tertiary/aromatic N) is 1. The Hall–Kier alpha value is -1.30. The number of hydrogen-bond donors (Lipinski definition) is 7. The van der Waals surface area contributed by atoms with Gasteiger partial charge in [-0.25, -0.2) is 0 Å². The third-order valence-electron chi connectivity index (χ3n) is 3.51. The normalized spacial score (nSPS) is 19.7. The second-order valence-electron chi connectivity index (χ2n) is 5.35. The standard InChI is InChI=1S/C12H24N2O6.CH2O2/c1-7(16)14-4-8(5-14)2-13-3-9(17)11(19)12(20)10(18)6-15;2-1-3/h8-13,15,17-20H,2-6H2,1H3;1H,(H,2,3)/t9-,10+,11+,12+;/m0./s1. The van der Waals surface area contributed by atoms with Gasteiger partial charge in [0.15, 0.2) is 0 Å². The zero-order valence-electron chi connectivity index (χ0n) is 12.9. The first-order chi connectivity index (χ1) is 10.8. The van der Waals surface area contributed by atoms with Gasteiger partial charge in [-0.3, -0.25) is 9.59 Å². The van der Waals surface area contributed by atoms with Gasteiger partial charge in [0, 0.05) is 39.0 Å². The molecular weight excluding hydrogens is 312 g/mol. The predicted octanol–water partition coefficient (Wildman–Crippen LogP) is -3.81. The van der Waals surface area contributed by atoms with Gasteiger partial charge >= 0.3 is 0 Å². The van der Waals surface area contributed by atoms with Crippen LogP contribution in [0.2, 0.25) is 0 Å². The van der Waals surface area contributed by atoms with Gasteiger partial charge in [-0.05, 0) is 0 Å². The molecule has 10 nitrogen and oxygen atoms in total. The largest absolute Gasteiger partial charge is 0.483 e. The van der Waals surface area contributed by atoms with Gasteiger partial charge in [-0.1, -0.05) is 0 Å². The van der Waals surface area contributed by atoms with E-state index in [9.17, 15) is 20.1 Å². The van der Waals surface area contributed by atoms with Crippen molar-refractivity contribution in [1.82, 2.24) is 10.2 Å². The average molecular weight is 338 g/mol. The van der Waals surface area contributed by atoms with Crippen LogP contribution in [0.5, 0.6) is 0 Å². The molecule has 4 atom stereocenters. The predicted molar refractivity (Wildman–Crippen MR) is 78.4 cm³/mol. The molecule has 0 bridgehead atoms. The molecule has 7 N–H and O–H groups in total. The Bertz CT molecular complexity index is 351. The molecule has 1 aliphatic rings. The monoisotopic (exact) mass is 338 g/mol. The van der Waals surface area contributed by atoms with Crippen LogP contribution in [0.4, 0.5) is 0 Å². The molecule has 0 aromatic carbocycles. The Kier molecular flexibility index (Phi) is 10.6. The highest BCUT2D eigenvalue weighted by Gasteiger charge is 2.31. The van der Waals surface area contributed by atoms with Gasteiger partial charge in [0.05, 0.1) is 12.7 Å². The third-order valence-corrected chi connectivity index (χ3v) is 3.51.